The number of carbonyl (C=O) groups excluding carboxylic acids is 2. The van der Waals surface area contributed by atoms with Gasteiger partial charge in [-0.05, 0) is 24.6 Å². The van der Waals surface area contributed by atoms with E-state index in [0.717, 1.165) is 0 Å². The van der Waals surface area contributed by atoms with Crippen molar-refractivity contribution in [3.63, 3.8) is 0 Å². The summed E-state index contributed by atoms with van der Waals surface area (Å²) < 4.78 is 23.0. The number of amides is 1. The molecule has 0 spiro atoms. The van der Waals surface area contributed by atoms with Gasteiger partial charge in [0.05, 0.1) is 20.1 Å². The van der Waals surface area contributed by atoms with Gasteiger partial charge in [0.25, 0.3) is 0 Å². The predicted molar refractivity (Wildman–Crippen MR) is 70.9 cm³/mol. The van der Waals surface area contributed by atoms with Gasteiger partial charge >= 0.3 is 5.97 Å². The zero-order valence-electron chi connectivity index (χ0n) is 11.8. The van der Waals surface area contributed by atoms with Gasteiger partial charge in [-0.1, -0.05) is 6.07 Å². The first kappa shape index (κ1) is 15.9. The van der Waals surface area contributed by atoms with Crippen LogP contribution in [-0.4, -0.2) is 44.1 Å². The summed E-state index contributed by atoms with van der Waals surface area (Å²) in [6.07, 6.45) is 0.0107. The van der Waals surface area contributed by atoms with Crippen LogP contribution >= 0.6 is 0 Å². The molecule has 0 heterocycles. The minimum absolute atomic E-state index is 0.0107. The van der Waals surface area contributed by atoms with E-state index in [0.29, 0.717) is 5.56 Å². The molecule has 0 aliphatic rings. The third-order valence-corrected chi connectivity index (χ3v) is 2.67. The normalized spacial score (nSPS) is 10.0. The number of carbonyl (C=O) groups is 2. The third-order valence-electron chi connectivity index (χ3n) is 2.67. The Bertz CT molecular complexity index is 490. The van der Waals surface area contributed by atoms with E-state index in [9.17, 15) is 14.0 Å². The van der Waals surface area contributed by atoms with Crippen molar-refractivity contribution in [1.82, 2.24) is 4.90 Å². The van der Waals surface area contributed by atoms with Gasteiger partial charge in [-0.15, -0.1) is 0 Å². The molecular formula is C14H18FNO4. The molecule has 0 N–H and O–H groups in total. The van der Waals surface area contributed by atoms with Crippen molar-refractivity contribution >= 4 is 11.9 Å². The fraction of sp³-hybridized carbons (Fsp3) is 0.429. The highest BCUT2D eigenvalue weighted by atomic mass is 19.1. The monoisotopic (exact) mass is 283 g/mol. The molecule has 1 amide bonds. The highest BCUT2D eigenvalue weighted by Crippen LogP contribution is 2.18. The van der Waals surface area contributed by atoms with Crippen LogP contribution in [-0.2, 0) is 20.7 Å². The molecule has 0 bridgehead atoms. The van der Waals surface area contributed by atoms with E-state index in [2.05, 4.69) is 0 Å². The van der Waals surface area contributed by atoms with Gasteiger partial charge in [0.2, 0.25) is 5.91 Å². The molecule has 1 aromatic carbocycles. The number of halogens is 1. The molecule has 0 aromatic heterocycles. The van der Waals surface area contributed by atoms with E-state index in [1.54, 1.807) is 13.0 Å². The Labute approximate surface area is 117 Å². The number of ether oxygens (including phenoxy) is 2. The number of rotatable bonds is 6. The Morgan fingerprint density at radius 1 is 1.35 bits per heavy atom. The summed E-state index contributed by atoms with van der Waals surface area (Å²) in [6, 6.07) is 4.32. The molecule has 0 aliphatic carbocycles. The quantitative estimate of drug-likeness (QED) is 0.741. The van der Waals surface area contributed by atoms with E-state index in [-0.39, 0.29) is 31.2 Å². The Kier molecular flexibility index (Phi) is 5.96. The molecule has 1 rings (SSSR count). The molecule has 0 aliphatic heterocycles. The average molecular weight is 283 g/mol. The predicted octanol–water partition coefficient (Wildman–Crippen LogP) is 1.40. The summed E-state index contributed by atoms with van der Waals surface area (Å²) in [5.74, 6) is -1.15. The van der Waals surface area contributed by atoms with Gasteiger partial charge in [-0.3, -0.25) is 9.59 Å². The molecule has 0 unspecified atom stereocenters. The van der Waals surface area contributed by atoms with Crippen LogP contribution in [0.15, 0.2) is 18.2 Å². The van der Waals surface area contributed by atoms with Crippen LogP contribution in [0.25, 0.3) is 0 Å². The Balaban J connectivity index is 2.61. The summed E-state index contributed by atoms with van der Waals surface area (Å²) in [7, 11) is 2.87. The fourth-order valence-electron chi connectivity index (χ4n) is 1.62. The van der Waals surface area contributed by atoms with E-state index in [1.165, 1.54) is 31.2 Å². The zero-order valence-corrected chi connectivity index (χ0v) is 11.8. The highest BCUT2D eigenvalue weighted by Gasteiger charge is 2.15. The number of hydrogen-bond acceptors (Lipinski definition) is 4. The maximum Gasteiger partial charge on any atom is 0.325 e. The molecule has 0 atom stereocenters. The molecule has 20 heavy (non-hydrogen) atoms. The molecule has 1 aromatic rings. The summed E-state index contributed by atoms with van der Waals surface area (Å²) in [5, 5.41) is 0. The number of likely N-dealkylation sites (N-methyl/N-ethyl adjacent to an activating group) is 1. The van der Waals surface area contributed by atoms with Crippen LogP contribution in [0, 0.1) is 5.82 Å². The lowest BCUT2D eigenvalue weighted by atomic mass is 10.1. The molecule has 0 saturated carbocycles. The van der Waals surface area contributed by atoms with Crippen LogP contribution in [0.1, 0.15) is 12.5 Å². The highest BCUT2D eigenvalue weighted by molar-refractivity contribution is 5.83. The van der Waals surface area contributed by atoms with Gasteiger partial charge in [0.15, 0.2) is 11.6 Å². The molecule has 6 heteroatoms. The van der Waals surface area contributed by atoms with Crippen LogP contribution in [0.3, 0.4) is 0 Å². The van der Waals surface area contributed by atoms with Crippen LogP contribution in [0.5, 0.6) is 5.75 Å². The maximum absolute atomic E-state index is 13.5. The van der Waals surface area contributed by atoms with Crippen LogP contribution in [0.4, 0.5) is 4.39 Å². The number of methoxy groups -OCH3 is 1. The largest absolute Gasteiger partial charge is 0.494 e. The van der Waals surface area contributed by atoms with Crippen molar-refractivity contribution in [2.75, 3.05) is 27.3 Å². The van der Waals surface area contributed by atoms with Crippen molar-refractivity contribution < 1.29 is 23.5 Å². The second kappa shape index (κ2) is 7.47. The number of benzene rings is 1. The topological polar surface area (TPSA) is 55.8 Å². The van der Waals surface area contributed by atoms with Gasteiger partial charge in [-0.25, -0.2) is 4.39 Å². The summed E-state index contributed by atoms with van der Waals surface area (Å²) in [5.41, 5.74) is 0.518. The average Bonchev–Trinajstić information content (AvgIpc) is 2.39. The van der Waals surface area contributed by atoms with E-state index in [1.807, 2.05) is 0 Å². The van der Waals surface area contributed by atoms with E-state index in [4.69, 9.17) is 9.47 Å². The third kappa shape index (κ3) is 4.53. The summed E-state index contributed by atoms with van der Waals surface area (Å²) in [4.78, 5) is 24.4. The number of esters is 1. The lowest BCUT2D eigenvalue weighted by Gasteiger charge is -2.16. The minimum Gasteiger partial charge on any atom is -0.494 e. The number of nitrogens with zero attached hydrogens (tertiary/aromatic N) is 1. The molecule has 0 saturated heterocycles. The standard InChI is InChI=1S/C14H18FNO4/c1-4-20-14(18)9-16(2)13(17)8-10-5-6-12(19-3)11(15)7-10/h5-7H,4,8-9H2,1-3H3. The fourth-order valence-corrected chi connectivity index (χ4v) is 1.62. The summed E-state index contributed by atoms with van der Waals surface area (Å²) in [6.45, 7) is 1.84. The van der Waals surface area contributed by atoms with Crippen molar-refractivity contribution in [2.24, 2.45) is 0 Å². The van der Waals surface area contributed by atoms with Gasteiger partial charge in [0, 0.05) is 7.05 Å². The van der Waals surface area contributed by atoms with Crippen LogP contribution in [0.2, 0.25) is 0 Å². The second-order valence-electron chi connectivity index (χ2n) is 4.20. The summed E-state index contributed by atoms with van der Waals surface area (Å²) >= 11 is 0. The SMILES string of the molecule is CCOC(=O)CN(C)C(=O)Cc1ccc(OC)c(F)c1. The molecule has 0 fully saturated rings. The van der Waals surface area contributed by atoms with Crippen molar-refractivity contribution in [3.05, 3.63) is 29.6 Å². The van der Waals surface area contributed by atoms with E-state index >= 15 is 0 Å². The molecule has 5 nitrogen and oxygen atoms in total. The zero-order chi connectivity index (χ0) is 15.1. The second-order valence-corrected chi connectivity index (χ2v) is 4.20. The van der Waals surface area contributed by atoms with E-state index < -0.39 is 11.8 Å². The number of hydrogen-bond donors (Lipinski definition) is 0. The molecule has 110 valence electrons. The smallest absolute Gasteiger partial charge is 0.325 e. The minimum atomic E-state index is -0.522. The Morgan fingerprint density at radius 3 is 2.60 bits per heavy atom. The lowest BCUT2D eigenvalue weighted by molar-refractivity contribution is -0.147. The van der Waals surface area contributed by atoms with Crippen LogP contribution < -0.4 is 4.74 Å². The van der Waals surface area contributed by atoms with Crippen molar-refractivity contribution in [2.45, 2.75) is 13.3 Å². The lowest BCUT2D eigenvalue weighted by Crippen LogP contribution is -2.34. The Hall–Kier alpha value is -2.11. The first-order valence-corrected chi connectivity index (χ1v) is 6.20. The first-order valence-electron chi connectivity index (χ1n) is 6.20. The Morgan fingerprint density at radius 2 is 2.05 bits per heavy atom. The molecule has 0 radical (unpaired) electrons. The van der Waals surface area contributed by atoms with Gasteiger partial charge in [-0.2, -0.15) is 0 Å². The van der Waals surface area contributed by atoms with Gasteiger partial charge < -0.3 is 14.4 Å². The first-order chi connectivity index (χ1) is 9.47. The molecular weight excluding hydrogens is 265 g/mol. The maximum atomic E-state index is 13.5. The van der Waals surface area contributed by atoms with Gasteiger partial charge in [0.1, 0.15) is 6.54 Å². The van der Waals surface area contributed by atoms with Crippen molar-refractivity contribution in [1.29, 1.82) is 0 Å². The van der Waals surface area contributed by atoms with Crippen molar-refractivity contribution in [3.8, 4) is 5.75 Å².